The highest BCUT2D eigenvalue weighted by atomic mass is 15.1. The van der Waals surface area contributed by atoms with E-state index in [1.165, 1.54) is 83.0 Å². The van der Waals surface area contributed by atoms with E-state index < -0.39 is 5.41 Å². The zero-order valence-corrected chi connectivity index (χ0v) is 41.1. The van der Waals surface area contributed by atoms with Crippen LogP contribution in [-0.2, 0) is 11.8 Å². The van der Waals surface area contributed by atoms with E-state index in [0.29, 0.717) is 0 Å². The van der Waals surface area contributed by atoms with Gasteiger partial charge in [0.05, 0.1) is 16.4 Å². The summed E-state index contributed by atoms with van der Waals surface area (Å²) in [6.07, 6.45) is 4.62. The van der Waals surface area contributed by atoms with Crippen molar-refractivity contribution in [1.29, 1.82) is 0 Å². The van der Waals surface area contributed by atoms with Gasteiger partial charge in [-0.05, 0) is 157 Å². The molecule has 0 amide bonds. The van der Waals surface area contributed by atoms with Crippen molar-refractivity contribution in [2.75, 3.05) is 4.90 Å². The fourth-order valence-corrected chi connectivity index (χ4v) is 11.6. The molecule has 0 aliphatic heterocycles. The van der Waals surface area contributed by atoms with Crippen LogP contribution in [0, 0.1) is 0 Å². The summed E-state index contributed by atoms with van der Waals surface area (Å²) < 4.78 is 2.39. The van der Waals surface area contributed by atoms with Crippen molar-refractivity contribution in [2.45, 2.75) is 11.8 Å². The molecule has 13 rings (SSSR count). The second-order valence-electron chi connectivity index (χ2n) is 19.4. The topological polar surface area (TPSA) is 8.17 Å². The van der Waals surface area contributed by atoms with Crippen LogP contribution in [0.25, 0.3) is 84.2 Å². The number of hydrogen-bond donors (Lipinski definition) is 0. The van der Waals surface area contributed by atoms with E-state index in [4.69, 9.17) is 0 Å². The van der Waals surface area contributed by atoms with Gasteiger partial charge in [0.15, 0.2) is 0 Å². The Balaban J connectivity index is 0.949. The van der Waals surface area contributed by atoms with Crippen LogP contribution in [0.2, 0.25) is 0 Å². The molecule has 0 saturated carbocycles. The monoisotopic (exact) mass is 944 g/mol. The van der Waals surface area contributed by atoms with Gasteiger partial charge in [0.2, 0.25) is 0 Å². The van der Waals surface area contributed by atoms with Crippen molar-refractivity contribution in [2.24, 2.45) is 0 Å². The molecule has 1 heterocycles. The number of para-hydroxylation sites is 1. The molecule has 11 aromatic carbocycles. The predicted octanol–water partition coefficient (Wildman–Crippen LogP) is 19.1. The van der Waals surface area contributed by atoms with Gasteiger partial charge in [-0.1, -0.05) is 219 Å². The zero-order chi connectivity index (χ0) is 49.6. The summed E-state index contributed by atoms with van der Waals surface area (Å²) in [5, 5.41) is 2.43. The maximum absolute atomic E-state index is 4.04. The lowest BCUT2D eigenvalue weighted by Gasteiger charge is -2.34. The molecule has 0 saturated heterocycles. The van der Waals surface area contributed by atoms with E-state index in [1.807, 2.05) is 12.2 Å². The molecule has 0 bridgehead atoms. The molecule has 0 fully saturated rings. The first-order chi connectivity index (χ1) is 36.6. The highest BCUT2D eigenvalue weighted by Gasteiger charge is 2.45. The lowest BCUT2D eigenvalue weighted by molar-refractivity contribution is 0.629. The Morgan fingerprint density at radius 1 is 0.365 bits per heavy atom. The smallest absolute Gasteiger partial charge is 0.0541 e. The third-order valence-electron chi connectivity index (χ3n) is 15.3. The SMILES string of the molecule is C=Cc1ccc(CC2(c3ccccc3)c3ccccc3-c3ccc(N(c4ccc(-c5ccccc5)cc4)c4ccc(-c5ccc6c(c5)c5cc(-c7ccc(C=C)cc7)ccc5n6-c5ccccc5)cc4)cc32)cc1. The van der Waals surface area contributed by atoms with Gasteiger partial charge in [0.25, 0.3) is 0 Å². The van der Waals surface area contributed by atoms with Crippen LogP contribution in [0.3, 0.4) is 0 Å². The zero-order valence-electron chi connectivity index (χ0n) is 41.1. The average Bonchev–Trinajstić information content (AvgIpc) is 3.95. The minimum atomic E-state index is -0.440. The van der Waals surface area contributed by atoms with Gasteiger partial charge in [0, 0.05) is 33.5 Å². The van der Waals surface area contributed by atoms with E-state index in [-0.39, 0.29) is 0 Å². The first-order valence-corrected chi connectivity index (χ1v) is 25.5. The van der Waals surface area contributed by atoms with E-state index in [2.05, 4.69) is 290 Å². The van der Waals surface area contributed by atoms with Gasteiger partial charge in [0.1, 0.15) is 0 Å². The maximum atomic E-state index is 4.04. The summed E-state index contributed by atoms with van der Waals surface area (Å²) in [5.74, 6) is 0. The van der Waals surface area contributed by atoms with Gasteiger partial charge in [-0.15, -0.1) is 0 Å². The molecule has 12 aromatic rings. The number of rotatable bonds is 12. The van der Waals surface area contributed by atoms with Crippen LogP contribution < -0.4 is 4.90 Å². The van der Waals surface area contributed by atoms with E-state index >= 15 is 0 Å². The average molecular weight is 945 g/mol. The summed E-state index contributed by atoms with van der Waals surface area (Å²) in [4.78, 5) is 2.43. The largest absolute Gasteiger partial charge is 0.310 e. The molecule has 0 N–H and O–H groups in total. The minimum Gasteiger partial charge on any atom is -0.310 e. The Bertz CT molecular complexity index is 4020. The predicted molar refractivity (Wildman–Crippen MR) is 314 cm³/mol. The van der Waals surface area contributed by atoms with Gasteiger partial charge < -0.3 is 9.47 Å². The quantitative estimate of drug-likeness (QED) is 0.118. The lowest BCUT2D eigenvalue weighted by Crippen LogP contribution is -2.30. The second-order valence-corrected chi connectivity index (χ2v) is 19.4. The fraction of sp³-hybridized carbons (Fsp3) is 0.0278. The first-order valence-electron chi connectivity index (χ1n) is 25.5. The summed E-state index contributed by atoms with van der Waals surface area (Å²) in [5.41, 5.74) is 23.4. The summed E-state index contributed by atoms with van der Waals surface area (Å²) >= 11 is 0. The second kappa shape index (κ2) is 18.6. The van der Waals surface area contributed by atoms with Gasteiger partial charge in [-0.3, -0.25) is 0 Å². The molecular weight excluding hydrogens is 893 g/mol. The number of fused-ring (bicyclic) bond motifs is 6. The van der Waals surface area contributed by atoms with Crippen molar-refractivity contribution >= 4 is 51.0 Å². The molecule has 1 aliphatic carbocycles. The number of anilines is 3. The number of benzene rings is 11. The molecule has 1 aromatic heterocycles. The third kappa shape index (κ3) is 7.67. The van der Waals surface area contributed by atoms with Crippen LogP contribution in [-0.4, -0.2) is 4.57 Å². The van der Waals surface area contributed by atoms with Crippen molar-refractivity contribution in [1.82, 2.24) is 4.57 Å². The Morgan fingerprint density at radius 2 is 0.811 bits per heavy atom. The number of nitrogens with zero attached hydrogens (tertiary/aromatic N) is 2. The Labute approximate surface area is 433 Å². The molecule has 2 heteroatoms. The normalized spacial score (nSPS) is 13.6. The maximum Gasteiger partial charge on any atom is 0.0541 e. The Morgan fingerprint density at radius 3 is 1.39 bits per heavy atom. The summed E-state index contributed by atoms with van der Waals surface area (Å²) in [7, 11) is 0. The number of hydrogen-bond acceptors (Lipinski definition) is 1. The van der Waals surface area contributed by atoms with Gasteiger partial charge in [-0.2, -0.15) is 0 Å². The van der Waals surface area contributed by atoms with Crippen LogP contribution >= 0.6 is 0 Å². The summed E-state index contributed by atoms with van der Waals surface area (Å²) in [6.45, 7) is 8.01. The molecule has 1 aliphatic rings. The highest BCUT2D eigenvalue weighted by molar-refractivity contribution is 6.11. The molecule has 2 nitrogen and oxygen atoms in total. The summed E-state index contributed by atoms with van der Waals surface area (Å²) in [6, 6.07) is 98.2. The Hall–Kier alpha value is -9.50. The molecule has 0 spiro atoms. The van der Waals surface area contributed by atoms with Crippen LogP contribution in [0.5, 0.6) is 0 Å². The molecule has 74 heavy (non-hydrogen) atoms. The molecule has 0 radical (unpaired) electrons. The van der Waals surface area contributed by atoms with Crippen molar-refractivity contribution in [3.63, 3.8) is 0 Å². The van der Waals surface area contributed by atoms with Gasteiger partial charge >= 0.3 is 0 Å². The van der Waals surface area contributed by atoms with Crippen LogP contribution in [0.1, 0.15) is 33.4 Å². The lowest BCUT2D eigenvalue weighted by atomic mass is 9.68. The van der Waals surface area contributed by atoms with Gasteiger partial charge in [-0.25, -0.2) is 0 Å². The van der Waals surface area contributed by atoms with E-state index in [0.717, 1.165) is 45.9 Å². The standard InChI is InChI=1S/C72H52N2/c1-3-50-24-26-52(27-25-50)49-72(59-18-10-6-11-19-59)68-23-15-14-22-64(68)65-43-42-63(48-69(65)72)73(61-38-32-54(33-39-61)53-16-8-5-9-17-53)62-40-34-56(35-41-62)58-37-45-71-67(47-58)66-46-57(55-30-28-51(4-2)29-31-55)36-44-70(66)74(71)60-20-12-7-13-21-60/h3-48H,1-2,49H2. The third-order valence-corrected chi connectivity index (χ3v) is 15.3. The van der Waals surface area contributed by atoms with E-state index in [9.17, 15) is 0 Å². The van der Waals surface area contributed by atoms with Crippen molar-refractivity contribution in [3.05, 3.63) is 313 Å². The first kappa shape index (κ1) is 44.4. The highest BCUT2D eigenvalue weighted by Crippen LogP contribution is 2.56. The molecule has 1 unspecified atom stereocenters. The Kier molecular flexibility index (Phi) is 11.2. The molecule has 1 atom stereocenters. The fourth-order valence-electron chi connectivity index (χ4n) is 11.6. The van der Waals surface area contributed by atoms with Crippen LogP contribution in [0.4, 0.5) is 17.1 Å². The van der Waals surface area contributed by atoms with Crippen molar-refractivity contribution in [3.8, 4) is 50.2 Å². The minimum absolute atomic E-state index is 0.440. The number of aromatic nitrogens is 1. The van der Waals surface area contributed by atoms with Crippen LogP contribution in [0.15, 0.2) is 280 Å². The molecule has 350 valence electrons. The van der Waals surface area contributed by atoms with E-state index in [1.54, 1.807) is 0 Å². The molecular formula is C72H52N2. The van der Waals surface area contributed by atoms with Crippen molar-refractivity contribution < 1.29 is 0 Å².